The summed E-state index contributed by atoms with van der Waals surface area (Å²) in [6.45, 7) is 5.68. The van der Waals surface area contributed by atoms with Crippen LogP contribution in [0.15, 0.2) is 47.4 Å². The second kappa shape index (κ2) is 10.9. The van der Waals surface area contributed by atoms with Gasteiger partial charge in [0.25, 0.3) is 5.91 Å². The highest BCUT2D eigenvalue weighted by molar-refractivity contribution is 7.89. The van der Waals surface area contributed by atoms with E-state index in [1.807, 2.05) is 39.0 Å². The molecule has 2 aromatic carbocycles. The monoisotopic (exact) mass is 472 g/mol. The molecule has 1 amide bonds. The van der Waals surface area contributed by atoms with Crippen molar-refractivity contribution in [1.82, 2.24) is 4.31 Å². The van der Waals surface area contributed by atoms with Crippen LogP contribution in [0.3, 0.4) is 0 Å². The first kappa shape index (κ1) is 24.9. The van der Waals surface area contributed by atoms with Crippen molar-refractivity contribution in [2.45, 2.75) is 63.8 Å². The number of hydrogen-bond acceptors (Lipinski definition) is 5. The van der Waals surface area contributed by atoms with E-state index in [1.54, 1.807) is 24.3 Å². The first-order valence-electron chi connectivity index (χ1n) is 11.4. The minimum Gasteiger partial charge on any atom is -0.454 e. The molecule has 1 heterocycles. The number of para-hydroxylation sites is 1. The van der Waals surface area contributed by atoms with Crippen molar-refractivity contribution in [3.05, 3.63) is 59.2 Å². The minimum atomic E-state index is -3.85. The molecule has 0 aromatic heterocycles. The molecule has 1 saturated heterocycles. The standard InChI is InChI=1S/C25H32N2O5S/c1-4-19-9-8-10-20(5-2)24(19)26-23(28)17-32-25(29)22-11-6-7-16-27(22)33(30,31)21-14-12-18(3)13-15-21/h8-10,12-15,22H,4-7,11,16-17H2,1-3H3,(H,26,28). The normalized spacial score (nSPS) is 16.9. The first-order valence-corrected chi connectivity index (χ1v) is 12.9. The molecule has 1 fully saturated rings. The van der Waals surface area contributed by atoms with Gasteiger partial charge in [-0.3, -0.25) is 9.59 Å². The predicted octanol–water partition coefficient (Wildman–Crippen LogP) is 3.84. The van der Waals surface area contributed by atoms with E-state index in [4.69, 9.17) is 4.74 Å². The number of carbonyl (C=O) groups is 2. The smallest absolute Gasteiger partial charge is 0.324 e. The van der Waals surface area contributed by atoms with Crippen LogP contribution >= 0.6 is 0 Å². The van der Waals surface area contributed by atoms with Gasteiger partial charge in [0, 0.05) is 12.2 Å². The Morgan fingerprint density at radius 2 is 1.67 bits per heavy atom. The summed E-state index contributed by atoms with van der Waals surface area (Å²) in [5, 5.41) is 2.86. The van der Waals surface area contributed by atoms with Crippen LogP contribution in [0.4, 0.5) is 5.69 Å². The highest BCUT2D eigenvalue weighted by Crippen LogP contribution is 2.27. The summed E-state index contributed by atoms with van der Waals surface area (Å²) in [5.41, 5.74) is 3.73. The molecule has 1 aliphatic heterocycles. The highest BCUT2D eigenvalue weighted by Gasteiger charge is 2.38. The number of rotatable bonds is 8. The molecule has 0 radical (unpaired) electrons. The SMILES string of the molecule is CCc1cccc(CC)c1NC(=O)COC(=O)C1CCCCN1S(=O)(=O)c1ccc(C)cc1. The van der Waals surface area contributed by atoms with Crippen LogP contribution < -0.4 is 5.32 Å². The maximum atomic E-state index is 13.2. The summed E-state index contributed by atoms with van der Waals surface area (Å²) in [5.74, 6) is -1.14. The summed E-state index contributed by atoms with van der Waals surface area (Å²) in [6, 6.07) is 11.5. The van der Waals surface area contributed by atoms with E-state index in [9.17, 15) is 18.0 Å². The molecule has 33 heavy (non-hydrogen) atoms. The van der Waals surface area contributed by atoms with Crippen LogP contribution in [-0.2, 0) is 37.2 Å². The van der Waals surface area contributed by atoms with E-state index in [-0.39, 0.29) is 11.4 Å². The molecular weight excluding hydrogens is 440 g/mol. The summed E-state index contributed by atoms with van der Waals surface area (Å²) < 4.78 is 32.8. The van der Waals surface area contributed by atoms with Gasteiger partial charge < -0.3 is 10.1 Å². The number of sulfonamides is 1. The zero-order chi connectivity index (χ0) is 24.0. The number of nitrogens with zero attached hydrogens (tertiary/aromatic N) is 1. The molecule has 1 atom stereocenters. The highest BCUT2D eigenvalue weighted by atomic mass is 32.2. The summed E-state index contributed by atoms with van der Waals surface area (Å²) in [6.07, 6.45) is 3.27. The predicted molar refractivity (Wildman–Crippen MR) is 127 cm³/mol. The van der Waals surface area contributed by atoms with E-state index >= 15 is 0 Å². The number of hydrogen-bond donors (Lipinski definition) is 1. The van der Waals surface area contributed by atoms with Gasteiger partial charge in [-0.15, -0.1) is 0 Å². The lowest BCUT2D eigenvalue weighted by atomic mass is 10.0. The lowest BCUT2D eigenvalue weighted by molar-refractivity contribution is -0.152. The molecule has 0 saturated carbocycles. The quantitative estimate of drug-likeness (QED) is 0.589. The Balaban J connectivity index is 1.69. The Morgan fingerprint density at radius 3 is 2.27 bits per heavy atom. The summed E-state index contributed by atoms with van der Waals surface area (Å²) in [7, 11) is -3.85. The number of carbonyl (C=O) groups excluding carboxylic acids is 2. The van der Waals surface area contributed by atoms with Crippen molar-refractivity contribution in [1.29, 1.82) is 0 Å². The topological polar surface area (TPSA) is 92.8 Å². The van der Waals surface area contributed by atoms with Gasteiger partial charge in [-0.2, -0.15) is 4.31 Å². The molecule has 2 aromatic rings. The fraction of sp³-hybridized carbons (Fsp3) is 0.440. The van der Waals surface area contributed by atoms with Crippen molar-refractivity contribution >= 4 is 27.6 Å². The largest absolute Gasteiger partial charge is 0.454 e. The lowest BCUT2D eigenvalue weighted by Crippen LogP contribution is -2.48. The third-order valence-electron chi connectivity index (χ3n) is 5.96. The Labute approximate surface area is 196 Å². The van der Waals surface area contributed by atoms with E-state index < -0.39 is 34.5 Å². The van der Waals surface area contributed by atoms with E-state index in [0.29, 0.717) is 12.8 Å². The second-order valence-corrected chi connectivity index (χ2v) is 10.1. The van der Waals surface area contributed by atoms with Gasteiger partial charge in [-0.1, -0.05) is 49.7 Å². The van der Waals surface area contributed by atoms with Gasteiger partial charge >= 0.3 is 5.97 Å². The second-order valence-electron chi connectivity index (χ2n) is 8.25. The van der Waals surface area contributed by atoms with Gasteiger partial charge in [-0.05, 0) is 62.3 Å². The van der Waals surface area contributed by atoms with Gasteiger partial charge in [0.2, 0.25) is 10.0 Å². The number of amides is 1. The van der Waals surface area contributed by atoms with Crippen molar-refractivity contribution in [3.63, 3.8) is 0 Å². The maximum Gasteiger partial charge on any atom is 0.324 e. The van der Waals surface area contributed by atoms with Crippen LogP contribution in [0.2, 0.25) is 0 Å². The fourth-order valence-electron chi connectivity index (χ4n) is 4.09. The van der Waals surface area contributed by atoms with Crippen molar-refractivity contribution in [2.24, 2.45) is 0 Å². The lowest BCUT2D eigenvalue weighted by Gasteiger charge is -2.33. The summed E-state index contributed by atoms with van der Waals surface area (Å²) in [4.78, 5) is 25.5. The third kappa shape index (κ3) is 5.81. The molecule has 1 aliphatic rings. The number of ether oxygens (including phenoxy) is 1. The van der Waals surface area contributed by atoms with E-state index in [1.165, 1.54) is 4.31 Å². The van der Waals surface area contributed by atoms with Gasteiger partial charge in [0.15, 0.2) is 6.61 Å². The number of esters is 1. The molecule has 7 nitrogen and oxygen atoms in total. The Bertz CT molecular complexity index is 1070. The third-order valence-corrected chi connectivity index (χ3v) is 7.88. The zero-order valence-corrected chi connectivity index (χ0v) is 20.3. The molecule has 0 bridgehead atoms. The number of nitrogens with one attached hydrogen (secondary N) is 1. The van der Waals surface area contributed by atoms with Crippen LogP contribution in [0.25, 0.3) is 0 Å². The van der Waals surface area contributed by atoms with Crippen LogP contribution in [-0.4, -0.2) is 43.8 Å². The van der Waals surface area contributed by atoms with Crippen molar-refractivity contribution in [3.8, 4) is 0 Å². The molecule has 178 valence electrons. The van der Waals surface area contributed by atoms with Crippen LogP contribution in [0.5, 0.6) is 0 Å². The average Bonchev–Trinajstić information content (AvgIpc) is 2.83. The summed E-state index contributed by atoms with van der Waals surface area (Å²) >= 11 is 0. The molecule has 0 spiro atoms. The zero-order valence-electron chi connectivity index (χ0n) is 19.5. The van der Waals surface area contributed by atoms with Crippen molar-refractivity contribution < 1.29 is 22.7 Å². The van der Waals surface area contributed by atoms with Crippen LogP contribution in [0, 0.1) is 6.92 Å². The molecule has 3 rings (SSSR count). The number of piperidine rings is 1. The molecule has 0 aliphatic carbocycles. The number of aryl methyl sites for hydroxylation is 3. The van der Waals surface area contributed by atoms with E-state index in [0.717, 1.165) is 41.6 Å². The fourth-order valence-corrected chi connectivity index (χ4v) is 5.73. The Kier molecular flexibility index (Phi) is 8.26. The number of anilines is 1. The average molecular weight is 473 g/mol. The molecule has 1 N–H and O–H groups in total. The molecule has 8 heteroatoms. The molecule has 1 unspecified atom stereocenters. The van der Waals surface area contributed by atoms with E-state index in [2.05, 4.69) is 5.32 Å². The van der Waals surface area contributed by atoms with Gasteiger partial charge in [0.1, 0.15) is 6.04 Å². The first-order chi connectivity index (χ1) is 15.8. The molecular formula is C25H32N2O5S. The maximum absolute atomic E-state index is 13.2. The minimum absolute atomic E-state index is 0.147. The van der Waals surface area contributed by atoms with Gasteiger partial charge in [0.05, 0.1) is 4.90 Å². The van der Waals surface area contributed by atoms with Crippen LogP contribution in [0.1, 0.15) is 49.8 Å². The van der Waals surface area contributed by atoms with Gasteiger partial charge in [-0.25, -0.2) is 8.42 Å². The Hall–Kier alpha value is -2.71. The number of benzene rings is 2. The Morgan fingerprint density at radius 1 is 1.03 bits per heavy atom. The van der Waals surface area contributed by atoms with Crippen molar-refractivity contribution in [2.75, 3.05) is 18.5 Å².